The molecule has 24 heavy (non-hydrogen) atoms. The highest BCUT2D eigenvalue weighted by atomic mass is 19.1. The molecule has 0 heterocycles. The predicted octanol–water partition coefficient (Wildman–Crippen LogP) is 2.97. The van der Waals surface area contributed by atoms with E-state index in [0.717, 1.165) is 27.3 Å². The lowest BCUT2D eigenvalue weighted by Crippen LogP contribution is -3.10. The number of amides is 1. The van der Waals surface area contributed by atoms with Crippen LogP contribution >= 0.6 is 0 Å². The van der Waals surface area contributed by atoms with E-state index in [1.165, 1.54) is 17.7 Å². The standard InChI is InChI=1S/C20H25FN2O/c1-13-10-14(2)20(15(3)11-13)22-19(24)12-23(5)16(4)17-6-8-18(21)9-7-17/h6-11,16H,12H2,1-5H3,(H,22,24)/p+1/t16-/m0/s1. The number of aryl methyl sites for hydroxylation is 3. The lowest BCUT2D eigenvalue weighted by molar-refractivity contribution is -0.902. The Morgan fingerprint density at radius 1 is 1.12 bits per heavy atom. The van der Waals surface area contributed by atoms with Gasteiger partial charge in [-0.2, -0.15) is 0 Å². The smallest absolute Gasteiger partial charge is 0.279 e. The molecular formula is C20H26FN2O+. The van der Waals surface area contributed by atoms with E-state index in [2.05, 4.69) is 17.4 Å². The number of hydrogen-bond acceptors (Lipinski definition) is 1. The lowest BCUT2D eigenvalue weighted by atomic mass is 10.0. The van der Waals surface area contributed by atoms with Crippen molar-refractivity contribution in [3.8, 4) is 0 Å². The maximum atomic E-state index is 13.0. The summed E-state index contributed by atoms with van der Waals surface area (Å²) in [5.41, 5.74) is 5.25. The molecular weight excluding hydrogens is 303 g/mol. The van der Waals surface area contributed by atoms with Crippen LogP contribution in [0.25, 0.3) is 0 Å². The minimum absolute atomic E-state index is 0.0171. The summed E-state index contributed by atoms with van der Waals surface area (Å²) in [5.74, 6) is -0.261. The average molecular weight is 329 g/mol. The number of carbonyl (C=O) groups excluding carboxylic acids is 1. The van der Waals surface area contributed by atoms with Crippen LogP contribution in [0.5, 0.6) is 0 Å². The highest BCUT2D eigenvalue weighted by Gasteiger charge is 2.19. The number of anilines is 1. The van der Waals surface area contributed by atoms with Gasteiger partial charge in [0.2, 0.25) is 0 Å². The van der Waals surface area contributed by atoms with Crippen LogP contribution in [0.4, 0.5) is 10.1 Å². The van der Waals surface area contributed by atoms with Crippen LogP contribution in [0.3, 0.4) is 0 Å². The average Bonchev–Trinajstić information content (AvgIpc) is 2.50. The van der Waals surface area contributed by atoms with E-state index in [-0.39, 0.29) is 17.8 Å². The second-order valence-electron chi connectivity index (χ2n) is 6.62. The van der Waals surface area contributed by atoms with Gasteiger partial charge in [-0.05, 0) is 51.0 Å². The van der Waals surface area contributed by atoms with Crippen LogP contribution < -0.4 is 10.2 Å². The summed E-state index contributed by atoms with van der Waals surface area (Å²) in [4.78, 5) is 13.5. The zero-order valence-corrected chi connectivity index (χ0v) is 15.0. The molecule has 0 saturated heterocycles. The molecule has 128 valence electrons. The van der Waals surface area contributed by atoms with Crippen molar-refractivity contribution in [2.24, 2.45) is 0 Å². The first kappa shape index (κ1) is 18.1. The van der Waals surface area contributed by atoms with Crippen molar-refractivity contribution in [1.82, 2.24) is 0 Å². The third kappa shape index (κ3) is 4.42. The minimum Gasteiger partial charge on any atom is -0.324 e. The summed E-state index contributed by atoms with van der Waals surface area (Å²) in [5, 5.41) is 3.03. The molecule has 0 bridgehead atoms. The number of benzene rings is 2. The molecule has 0 fully saturated rings. The van der Waals surface area contributed by atoms with Crippen LogP contribution in [-0.4, -0.2) is 19.5 Å². The second kappa shape index (κ2) is 7.58. The molecule has 0 spiro atoms. The van der Waals surface area contributed by atoms with Crippen molar-refractivity contribution >= 4 is 11.6 Å². The summed E-state index contributed by atoms with van der Waals surface area (Å²) >= 11 is 0. The van der Waals surface area contributed by atoms with E-state index < -0.39 is 0 Å². The molecule has 2 aromatic rings. The van der Waals surface area contributed by atoms with Crippen LogP contribution in [0.2, 0.25) is 0 Å². The Morgan fingerprint density at radius 3 is 2.21 bits per heavy atom. The quantitative estimate of drug-likeness (QED) is 0.869. The SMILES string of the molecule is Cc1cc(C)c(NC(=O)C[NH+](C)[C@@H](C)c2ccc(F)cc2)c(C)c1. The second-order valence-corrected chi connectivity index (χ2v) is 6.62. The van der Waals surface area contributed by atoms with E-state index in [1.54, 1.807) is 12.1 Å². The predicted molar refractivity (Wildman–Crippen MR) is 95.9 cm³/mol. The van der Waals surface area contributed by atoms with Crippen LogP contribution in [0.15, 0.2) is 36.4 Å². The van der Waals surface area contributed by atoms with Gasteiger partial charge in [-0.15, -0.1) is 0 Å². The highest BCUT2D eigenvalue weighted by Crippen LogP contribution is 2.21. The zero-order valence-electron chi connectivity index (χ0n) is 15.0. The Labute approximate surface area is 143 Å². The van der Waals surface area contributed by atoms with Crippen molar-refractivity contribution < 1.29 is 14.1 Å². The van der Waals surface area contributed by atoms with Gasteiger partial charge < -0.3 is 10.2 Å². The maximum absolute atomic E-state index is 13.0. The van der Waals surface area contributed by atoms with Gasteiger partial charge in [-0.25, -0.2) is 4.39 Å². The van der Waals surface area contributed by atoms with Crippen LogP contribution in [-0.2, 0) is 4.79 Å². The first-order chi connectivity index (χ1) is 11.3. The van der Waals surface area contributed by atoms with Crippen molar-refractivity contribution in [1.29, 1.82) is 0 Å². The summed E-state index contributed by atoms with van der Waals surface area (Å²) < 4.78 is 13.0. The van der Waals surface area contributed by atoms with E-state index in [4.69, 9.17) is 0 Å². The molecule has 2 atom stereocenters. The third-order valence-electron chi connectivity index (χ3n) is 4.49. The number of likely N-dealkylation sites (N-methyl/N-ethyl adjacent to an activating group) is 1. The number of quaternary nitrogens is 1. The van der Waals surface area contributed by atoms with Gasteiger partial charge in [0, 0.05) is 11.3 Å². The zero-order chi connectivity index (χ0) is 17.9. The molecule has 0 saturated carbocycles. The van der Waals surface area contributed by atoms with Crippen molar-refractivity contribution in [2.45, 2.75) is 33.7 Å². The summed E-state index contributed by atoms with van der Waals surface area (Å²) in [6, 6.07) is 10.7. The molecule has 0 aliphatic carbocycles. The molecule has 2 aromatic carbocycles. The number of nitrogens with one attached hydrogen (secondary N) is 2. The Morgan fingerprint density at radius 2 is 1.67 bits per heavy atom. The molecule has 2 rings (SSSR count). The molecule has 0 aliphatic heterocycles. The van der Waals surface area contributed by atoms with Gasteiger partial charge in [0.25, 0.3) is 5.91 Å². The van der Waals surface area contributed by atoms with E-state index in [9.17, 15) is 9.18 Å². The van der Waals surface area contributed by atoms with Crippen LogP contribution in [0, 0.1) is 26.6 Å². The van der Waals surface area contributed by atoms with Gasteiger partial charge in [-0.3, -0.25) is 4.79 Å². The maximum Gasteiger partial charge on any atom is 0.279 e. The normalized spacial score (nSPS) is 13.4. The van der Waals surface area contributed by atoms with E-state index in [1.807, 2.05) is 34.7 Å². The van der Waals surface area contributed by atoms with Crippen LogP contribution in [0.1, 0.15) is 35.2 Å². The Kier molecular flexibility index (Phi) is 5.73. The third-order valence-corrected chi connectivity index (χ3v) is 4.49. The molecule has 1 amide bonds. The topological polar surface area (TPSA) is 33.5 Å². The Bertz CT molecular complexity index is 702. The first-order valence-electron chi connectivity index (χ1n) is 8.23. The van der Waals surface area contributed by atoms with E-state index >= 15 is 0 Å². The summed E-state index contributed by atoms with van der Waals surface area (Å²) in [6.45, 7) is 8.46. The molecule has 0 aliphatic rings. The summed E-state index contributed by atoms with van der Waals surface area (Å²) in [7, 11) is 1.97. The van der Waals surface area contributed by atoms with Crippen molar-refractivity contribution in [2.75, 3.05) is 18.9 Å². The van der Waals surface area contributed by atoms with Gasteiger partial charge >= 0.3 is 0 Å². The van der Waals surface area contributed by atoms with Gasteiger partial charge in [0.05, 0.1) is 7.05 Å². The van der Waals surface area contributed by atoms with Gasteiger partial charge in [0.1, 0.15) is 11.9 Å². The molecule has 0 radical (unpaired) electrons. The highest BCUT2D eigenvalue weighted by molar-refractivity contribution is 5.93. The fraction of sp³-hybridized carbons (Fsp3) is 0.350. The molecule has 4 heteroatoms. The molecule has 2 N–H and O–H groups in total. The Hall–Kier alpha value is -2.20. The number of halogens is 1. The van der Waals surface area contributed by atoms with E-state index in [0.29, 0.717) is 6.54 Å². The lowest BCUT2D eigenvalue weighted by Gasteiger charge is -2.22. The minimum atomic E-state index is -0.244. The van der Waals surface area contributed by atoms with Gasteiger partial charge in [-0.1, -0.05) is 29.8 Å². The largest absolute Gasteiger partial charge is 0.324 e. The van der Waals surface area contributed by atoms with Gasteiger partial charge in [0.15, 0.2) is 6.54 Å². The molecule has 3 nitrogen and oxygen atoms in total. The Balaban J connectivity index is 2.03. The van der Waals surface area contributed by atoms with Crippen molar-refractivity contribution in [3.63, 3.8) is 0 Å². The molecule has 1 unspecified atom stereocenters. The number of rotatable bonds is 5. The van der Waals surface area contributed by atoms with Crippen molar-refractivity contribution in [3.05, 3.63) is 64.5 Å². The molecule has 0 aromatic heterocycles. The monoisotopic (exact) mass is 329 g/mol. The first-order valence-corrected chi connectivity index (χ1v) is 8.23. The summed E-state index contributed by atoms with van der Waals surface area (Å²) in [6.07, 6.45) is 0. The fourth-order valence-corrected chi connectivity index (χ4v) is 3.00. The number of hydrogen-bond donors (Lipinski definition) is 2. The fourth-order valence-electron chi connectivity index (χ4n) is 3.00. The number of carbonyl (C=O) groups is 1.